The van der Waals surface area contributed by atoms with Crippen LogP contribution in [0.4, 0.5) is 0 Å². The van der Waals surface area contributed by atoms with Crippen molar-refractivity contribution < 1.29 is 36.5 Å². The van der Waals surface area contributed by atoms with Gasteiger partial charge in [-0.25, -0.2) is 0 Å². The Bertz CT molecular complexity index is 8.00. The molecule has 0 atom stereocenters. The third-order valence-corrected chi connectivity index (χ3v) is 0. The van der Waals surface area contributed by atoms with Gasteiger partial charge >= 0.3 is 0 Å². The maximum absolute atomic E-state index is 0. The van der Waals surface area contributed by atoms with Gasteiger partial charge in [0, 0.05) is 36.5 Å². The summed E-state index contributed by atoms with van der Waals surface area (Å²) in [5.74, 6) is 0. The van der Waals surface area contributed by atoms with Crippen molar-refractivity contribution in [2.45, 2.75) is 0 Å². The first-order chi connectivity index (χ1) is 0. The summed E-state index contributed by atoms with van der Waals surface area (Å²) >= 11 is 0. The number of hydrogen-bond acceptors (Lipinski definition) is 0. The first-order valence-corrected chi connectivity index (χ1v) is 0. The van der Waals surface area contributed by atoms with E-state index in [0.29, 0.717) is 0 Å². The first kappa shape index (κ1) is 42.6. The number of hydrogen-bond donors (Lipinski definition) is 0. The molecule has 0 nitrogen and oxygen atoms in total. The maximum atomic E-state index is 0. The van der Waals surface area contributed by atoms with Gasteiger partial charge in [-0.05, 0) is 0 Å². The molecule has 0 rings (SSSR count). The van der Waals surface area contributed by atoms with E-state index in [1.54, 1.807) is 0 Å². The molecule has 0 spiro atoms. The van der Waals surface area contributed by atoms with Crippen LogP contribution in [0.1, 0.15) is 0 Å². The largest absolute Gasteiger partial charge is 0.187 e. The standard InChI is InChI=1S/Al.BH3.Cu.Zn.3H/h;1H3;;;;;. The Balaban J connectivity index is 0. The minimum atomic E-state index is 0. The number of rotatable bonds is 0. The van der Waals surface area contributed by atoms with Gasteiger partial charge in [-0.3, -0.25) is 0 Å². The summed E-state index contributed by atoms with van der Waals surface area (Å²) < 4.78 is 0. The molecule has 0 aromatic heterocycles. The third kappa shape index (κ3) is 9.27. The van der Waals surface area contributed by atoms with Gasteiger partial charge in [0.2, 0.25) is 0 Å². The van der Waals surface area contributed by atoms with Crippen LogP contribution in [-0.2, 0) is 36.5 Å². The summed E-state index contributed by atoms with van der Waals surface area (Å²) in [5.41, 5.74) is 0. The Hall–Kier alpha value is 1.74. The van der Waals surface area contributed by atoms with E-state index in [0.717, 1.165) is 0 Å². The molecule has 4 heteroatoms. The van der Waals surface area contributed by atoms with Crippen molar-refractivity contribution in [1.82, 2.24) is 0 Å². The van der Waals surface area contributed by atoms with E-state index in [4.69, 9.17) is 0 Å². The predicted molar refractivity (Wildman–Crippen MR) is 19.9 cm³/mol. The molecule has 0 N–H and O–H groups in total. The molecule has 0 unspecified atom stereocenters. The molecule has 0 aliphatic heterocycles. The third-order valence-electron chi connectivity index (χ3n) is 0. The minimum Gasteiger partial charge on any atom is 0 e. The van der Waals surface area contributed by atoms with Crippen LogP contribution in [-0.4, -0.2) is 25.8 Å². The second-order valence-electron chi connectivity index (χ2n) is 0. The van der Waals surface area contributed by atoms with Crippen molar-refractivity contribution in [3.63, 3.8) is 0 Å². The van der Waals surface area contributed by atoms with Gasteiger partial charge in [0.15, 0.2) is 17.4 Å². The Morgan fingerprint density at radius 3 is 1.00 bits per heavy atom. The van der Waals surface area contributed by atoms with Gasteiger partial charge in [-0.15, -0.1) is 0 Å². The zero-order chi connectivity index (χ0) is 0. The van der Waals surface area contributed by atoms with Crippen LogP contribution in [0.3, 0.4) is 0 Å². The fourth-order valence-electron chi connectivity index (χ4n) is 0. The quantitative estimate of drug-likeness (QED) is 0.359. The molecule has 0 heterocycles. The van der Waals surface area contributed by atoms with Crippen molar-refractivity contribution in [2.75, 3.05) is 0 Å². The summed E-state index contributed by atoms with van der Waals surface area (Å²) in [6.07, 6.45) is 0. The van der Waals surface area contributed by atoms with Crippen LogP contribution in [0.5, 0.6) is 0 Å². The van der Waals surface area contributed by atoms with Crippen LogP contribution >= 0.6 is 0 Å². The smallest absolute Gasteiger partial charge is 0 e. The zero-order valence-corrected chi connectivity index (χ0v) is 4.92. The topological polar surface area (TPSA) is 0 Å². The van der Waals surface area contributed by atoms with Gasteiger partial charge < -0.3 is 0 Å². The molecule has 25 valence electrons. The normalized spacial score (nSPS) is 0. The zero-order valence-electron chi connectivity index (χ0n) is 1.01. The molecule has 0 aromatic carbocycles. The summed E-state index contributed by atoms with van der Waals surface area (Å²) in [6, 6.07) is 0. The van der Waals surface area contributed by atoms with Gasteiger partial charge in [0.25, 0.3) is 0 Å². The average Bonchev–Trinajstić information content (AvgIpc) is 0. The minimum absolute atomic E-state index is 0. The Labute approximate surface area is 62.0 Å². The average molecular weight is 173 g/mol. The van der Waals surface area contributed by atoms with Crippen LogP contribution in [0.25, 0.3) is 0 Å². The summed E-state index contributed by atoms with van der Waals surface area (Å²) in [4.78, 5) is 0. The van der Waals surface area contributed by atoms with Gasteiger partial charge in [-0.2, -0.15) is 0 Å². The van der Waals surface area contributed by atoms with Crippen molar-refractivity contribution in [3.8, 4) is 0 Å². The molecule has 0 saturated carbocycles. The molecule has 0 aliphatic rings. The molecule has 0 aromatic rings. The Morgan fingerprint density at radius 2 is 1.00 bits per heavy atom. The maximum Gasteiger partial charge on any atom is 0.187 e. The molecule has 0 bridgehead atoms. The molecular weight excluding hydrogens is 167 g/mol. The molecule has 0 fully saturated rings. The second-order valence-corrected chi connectivity index (χ2v) is 0. The van der Waals surface area contributed by atoms with Crippen molar-refractivity contribution in [1.29, 1.82) is 0 Å². The van der Waals surface area contributed by atoms with Gasteiger partial charge in [0.1, 0.15) is 0 Å². The monoisotopic (exact) mass is 171 g/mol. The summed E-state index contributed by atoms with van der Waals surface area (Å²) in [7, 11) is 0. The van der Waals surface area contributed by atoms with Crippen molar-refractivity contribution in [3.05, 3.63) is 0 Å². The fourth-order valence-corrected chi connectivity index (χ4v) is 0. The van der Waals surface area contributed by atoms with E-state index < -0.39 is 0 Å². The van der Waals surface area contributed by atoms with E-state index in [9.17, 15) is 0 Å². The molecular formula is H6AlBCuZn. The van der Waals surface area contributed by atoms with Gasteiger partial charge in [0.05, 0.1) is 8.41 Å². The van der Waals surface area contributed by atoms with Crippen molar-refractivity contribution >= 4 is 25.8 Å². The van der Waals surface area contributed by atoms with Crippen LogP contribution in [0, 0.1) is 0 Å². The van der Waals surface area contributed by atoms with Crippen LogP contribution in [0.15, 0.2) is 0 Å². The van der Waals surface area contributed by atoms with E-state index in [-0.39, 0.29) is 62.3 Å². The molecule has 4 heavy (non-hydrogen) atoms. The molecule has 0 amide bonds. The van der Waals surface area contributed by atoms with E-state index in [1.807, 2.05) is 0 Å². The fraction of sp³-hybridized carbons (Fsp3) is 0. The molecule has 0 aliphatic carbocycles. The Kier molecular flexibility index (Phi) is 233. The van der Waals surface area contributed by atoms with Crippen LogP contribution in [0.2, 0.25) is 0 Å². The van der Waals surface area contributed by atoms with E-state index in [1.165, 1.54) is 0 Å². The molecule has 0 saturated heterocycles. The van der Waals surface area contributed by atoms with Gasteiger partial charge in [-0.1, -0.05) is 0 Å². The van der Waals surface area contributed by atoms with E-state index >= 15 is 0 Å². The van der Waals surface area contributed by atoms with Crippen LogP contribution < -0.4 is 0 Å². The predicted octanol–water partition coefficient (Wildman–Crippen LogP) is -2.37. The van der Waals surface area contributed by atoms with E-state index in [2.05, 4.69) is 0 Å². The molecule has 1 radical (unpaired) electrons. The SMILES string of the molecule is B.[AlH3].[Cu].[Zn]. The first-order valence-electron chi connectivity index (χ1n) is 0. The summed E-state index contributed by atoms with van der Waals surface area (Å²) in [5, 5.41) is 0. The summed E-state index contributed by atoms with van der Waals surface area (Å²) in [6.45, 7) is 0. The second kappa shape index (κ2) is 21.9. The Morgan fingerprint density at radius 1 is 1.00 bits per heavy atom. The van der Waals surface area contributed by atoms with Crippen molar-refractivity contribution in [2.24, 2.45) is 0 Å².